The van der Waals surface area contributed by atoms with E-state index in [0.29, 0.717) is 10.6 Å². The van der Waals surface area contributed by atoms with Gasteiger partial charge in [-0.3, -0.25) is 0 Å². The van der Waals surface area contributed by atoms with Crippen molar-refractivity contribution in [3.05, 3.63) is 64.4 Å². The number of H-pyrrole nitrogens is 1. The first-order chi connectivity index (χ1) is 11.2. The fourth-order valence-electron chi connectivity index (χ4n) is 2.29. The summed E-state index contributed by atoms with van der Waals surface area (Å²) in [7, 11) is 1.63. The van der Waals surface area contributed by atoms with Gasteiger partial charge in [0, 0.05) is 11.1 Å². The van der Waals surface area contributed by atoms with Gasteiger partial charge in [0.15, 0.2) is 5.82 Å². The molecule has 0 aliphatic rings. The number of nitrogens with zero attached hydrogens (tertiary/aromatic N) is 3. The number of aryl methyl sites for hydroxylation is 1. The van der Waals surface area contributed by atoms with Gasteiger partial charge in [0.2, 0.25) is 4.77 Å². The van der Waals surface area contributed by atoms with Crippen molar-refractivity contribution in [2.24, 2.45) is 5.10 Å². The maximum absolute atomic E-state index is 5.33. The third kappa shape index (κ3) is 3.07. The minimum absolute atomic E-state index is 0.439. The first kappa shape index (κ1) is 15.2. The number of aromatic nitrogens is 3. The normalized spacial score (nSPS) is 11.0. The molecular weight excluding hydrogens is 308 g/mol. The second-order valence-electron chi connectivity index (χ2n) is 4.97. The number of hydrogen-bond acceptors (Lipinski definition) is 4. The van der Waals surface area contributed by atoms with Crippen LogP contribution in [0.25, 0.3) is 11.4 Å². The molecule has 0 fully saturated rings. The summed E-state index contributed by atoms with van der Waals surface area (Å²) in [6.07, 6.45) is 1.71. The highest BCUT2D eigenvalue weighted by Gasteiger charge is 2.10. The summed E-state index contributed by atoms with van der Waals surface area (Å²) < 4.78 is 7.38. The van der Waals surface area contributed by atoms with E-state index in [4.69, 9.17) is 17.0 Å². The molecule has 6 heteroatoms. The lowest BCUT2D eigenvalue weighted by atomic mass is 10.1. The minimum atomic E-state index is 0.439. The molecule has 0 radical (unpaired) electrons. The van der Waals surface area contributed by atoms with Crippen LogP contribution < -0.4 is 4.74 Å². The number of aromatic amines is 1. The summed E-state index contributed by atoms with van der Waals surface area (Å²) in [5, 5.41) is 11.6. The maximum Gasteiger partial charge on any atom is 0.216 e. The van der Waals surface area contributed by atoms with Crippen molar-refractivity contribution in [3.8, 4) is 17.1 Å². The predicted octanol–water partition coefficient (Wildman–Crippen LogP) is 3.81. The van der Waals surface area contributed by atoms with Crippen LogP contribution in [0.4, 0.5) is 0 Å². The van der Waals surface area contributed by atoms with Gasteiger partial charge < -0.3 is 4.74 Å². The van der Waals surface area contributed by atoms with Gasteiger partial charge in [0.25, 0.3) is 0 Å². The highest BCUT2D eigenvalue weighted by Crippen LogP contribution is 2.21. The highest BCUT2D eigenvalue weighted by molar-refractivity contribution is 7.71. The molecule has 0 aliphatic heterocycles. The van der Waals surface area contributed by atoms with Gasteiger partial charge in [-0.05, 0) is 36.8 Å². The Morgan fingerprint density at radius 1 is 1.17 bits per heavy atom. The fraction of sp³-hybridized carbons (Fsp3) is 0.118. The average Bonchev–Trinajstić information content (AvgIpc) is 2.94. The molecule has 2 aromatic carbocycles. The Morgan fingerprint density at radius 3 is 2.70 bits per heavy atom. The average molecular weight is 324 g/mol. The molecule has 1 aromatic heterocycles. The molecule has 0 saturated carbocycles. The van der Waals surface area contributed by atoms with E-state index in [0.717, 1.165) is 22.4 Å². The zero-order valence-corrected chi connectivity index (χ0v) is 13.7. The van der Waals surface area contributed by atoms with E-state index >= 15 is 0 Å². The van der Waals surface area contributed by atoms with Crippen molar-refractivity contribution in [2.75, 3.05) is 7.11 Å². The standard InChI is InChI=1S/C17H16N4OS/c1-12-7-3-5-9-14(12)16-19-20-17(23)21(16)18-11-13-8-4-6-10-15(13)22-2/h3-11H,1-2H3,(H,20,23). The number of hydrogen-bond donors (Lipinski definition) is 1. The molecule has 1 N–H and O–H groups in total. The third-order valence-electron chi connectivity index (χ3n) is 3.49. The Balaban J connectivity index is 2.05. The molecule has 1 heterocycles. The molecule has 0 aliphatic carbocycles. The van der Waals surface area contributed by atoms with Crippen LogP contribution in [0.15, 0.2) is 53.6 Å². The van der Waals surface area contributed by atoms with Crippen molar-refractivity contribution in [1.82, 2.24) is 14.9 Å². The van der Waals surface area contributed by atoms with Crippen molar-refractivity contribution in [1.29, 1.82) is 0 Å². The van der Waals surface area contributed by atoms with Crippen LogP contribution in [0.5, 0.6) is 5.75 Å². The third-order valence-corrected chi connectivity index (χ3v) is 3.75. The topological polar surface area (TPSA) is 55.2 Å². The van der Waals surface area contributed by atoms with E-state index in [9.17, 15) is 0 Å². The second-order valence-corrected chi connectivity index (χ2v) is 5.35. The second kappa shape index (κ2) is 6.58. The molecule has 116 valence electrons. The molecule has 0 bridgehead atoms. The Hall–Kier alpha value is -2.73. The highest BCUT2D eigenvalue weighted by atomic mass is 32.1. The van der Waals surface area contributed by atoms with Crippen LogP contribution in [-0.2, 0) is 0 Å². The lowest BCUT2D eigenvalue weighted by Gasteiger charge is -2.05. The predicted molar refractivity (Wildman–Crippen MR) is 93.6 cm³/mol. The number of methoxy groups -OCH3 is 1. The van der Waals surface area contributed by atoms with Crippen molar-refractivity contribution < 1.29 is 4.74 Å². The van der Waals surface area contributed by atoms with E-state index in [1.54, 1.807) is 18.0 Å². The van der Waals surface area contributed by atoms with Crippen LogP contribution in [0, 0.1) is 11.7 Å². The van der Waals surface area contributed by atoms with E-state index in [1.807, 2.05) is 55.5 Å². The van der Waals surface area contributed by atoms with E-state index in [-0.39, 0.29) is 0 Å². The number of rotatable bonds is 4. The van der Waals surface area contributed by atoms with Crippen molar-refractivity contribution >= 4 is 18.4 Å². The molecular formula is C17H16N4OS. The Morgan fingerprint density at radius 2 is 1.91 bits per heavy atom. The minimum Gasteiger partial charge on any atom is -0.496 e. The summed E-state index contributed by atoms with van der Waals surface area (Å²) in [5.74, 6) is 1.43. The fourth-order valence-corrected chi connectivity index (χ4v) is 2.47. The van der Waals surface area contributed by atoms with Gasteiger partial charge in [-0.15, -0.1) is 0 Å². The van der Waals surface area contributed by atoms with Crippen LogP contribution >= 0.6 is 12.2 Å². The zero-order chi connectivity index (χ0) is 16.2. The number of benzene rings is 2. The van der Waals surface area contributed by atoms with Gasteiger partial charge in [0.1, 0.15) is 5.75 Å². The van der Waals surface area contributed by atoms with Crippen molar-refractivity contribution in [2.45, 2.75) is 6.92 Å². The van der Waals surface area contributed by atoms with E-state index < -0.39 is 0 Å². The molecule has 0 atom stereocenters. The summed E-state index contributed by atoms with van der Waals surface area (Å²) in [6.45, 7) is 2.03. The van der Waals surface area contributed by atoms with Gasteiger partial charge in [0.05, 0.1) is 13.3 Å². The smallest absolute Gasteiger partial charge is 0.216 e. The molecule has 23 heavy (non-hydrogen) atoms. The quantitative estimate of drug-likeness (QED) is 0.586. The first-order valence-corrected chi connectivity index (χ1v) is 7.52. The Labute approximate surface area is 139 Å². The van der Waals surface area contributed by atoms with Crippen LogP contribution in [-0.4, -0.2) is 28.2 Å². The molecule has 0 unspecified atom stereocenters. The largest absolute Gasteiger partial charge is 0.496 e. The summed E-state index contributed by atoms with van der Waals surface area (Å²) in [6, 6.07) is 15.6. The lowest BCUT2D eigenvalue weighted by Crippen LogP contribution is -1.97. The van der Waals surface area contributed by atoms with Gasteiger partial charge in [-0.1, -0.05) is 36.4 Å². The molecule has 0 spiro atoms. The number of nitrogens with one attached hydrogen (secondary N) is 1. The first-order valence-electron chi connectivity index (χ1n) is 7.11. The van der Waals surface area contributed by atoms with Crippen molar-refractivity contribution in [3.63, 3.8) is 0 Å². The Bertz CT molecular complexity index is 911. The molecule has 0 amide bonds. The number of ether oxygens (including phenoxy) is 1. The number of para-hydroxylation sites is 1. The summed E-state index contributed by atoms with van der Waals surface area (Å²) >= 11 is 5.29. The van der Waals surface area contributed by atoms with Crippen LogP contribution in [0.1, 0.15) is 11.1 Å². The van der Waals surface area contributed by atoms with E-state index in [2.05, 4.69) is 15.3 Å². The zero-order valence-electron chi connectivity index (χ0n) is 12.9. The van der Waals surface area contributed by atoms with E-state index in [1.165, 1.54) is 0 Å². The lowest BCUT2D eigenvalue weighted by molar-refractivity contribution is 0.414. The van der Waals surface area contributed by atoms with Crippen LogP contribution in [0.3, 0.4) is 0 Å². The Kier molecular flexibility index (Phi) is 4.34. The van der Waals surface area contributed by atoms with Gasteiger partial charge in [-0.2, -0.15) is 14.9 Å². The maximum atomic E-state index is 5.33. The van der Waals surface area contributed by atoms with Gasteiger partial charge in [-0.25, -0.2) is 5.10 Å². The van der Waals surface area contributed by atoms with Crippen LogP contribution in [0.2, 0.25) is 0 Å². The molecule has 3 aromatic rings. The summed E-state index contributed by atoms with van der Waals surface area (Å²) in [5.41, 5.74) is 2.96. The molecule has 0 saturated heterocycles. The molecule has 3 rings (SSSR count). The van der Waals surface area contributed by atoms with Gasteiger partial charge >= 0.3 is 0 Å². The molecule has 5 nitrogen and oxygen atoms in total. The summed E-state index contributed by atoms with van der Waals surface area (Å²) in [4.78, 5) is 0. The SMILES string of the molecule is COc1ccccc1C=Nn1c(-c2ccccc2C)n[nH]c1=S. The monoisotopic (exact) mass is 324 g/mol.